The van der Waals surface area contributed by atoms with E-state index in [1.807, 2.05) is 24.3 Å². The molecule has 0 aliphatic carbocycles. The van der Waals surface area contributed by atoms with E-state index in [9.17, 15) is 9.18 Å². The van der Waals surface area contributed by atoms with Gasteiger partial charge in [-0.25, -0.2) is 4.98 Å². The molecule has 5 heteroatoms. The minimum absolute atomic E-state index is 0.0880. The lowest BCUT2D eigenvalue weighted by Gasteiger charge is -2.04. The zero-order valence-corrected chi connectivity index (χ0v) is 10.1. The van der Waals surface area contributed by atoms with Crippen molar-refractivity contribution in [2.24, 2.45) is 0 Å². The van der Waals surface area contributed by atoms with E-state index < -0.39 is 11.4 Å². The Bertz CT molecular complexity index is 826. The summed E-state index contributed by atoms with van der Waals surface area (Å²) in [7, 11) is 0. The number of pyridine rings is 1. The first-order chi connectivity index (χ1) is 9.15. The Labute approximate surface area is 108 Å². The van der Waals surface area contributed by atoms with Crippen LogP contribution in [0.1, 0.15) is 5.69 Å². The smallest absolute Gasteiger partial charge is 0.287 e. The van der Waals surface area contributed by atoms with Crippen LogP contribution in [-0.2, 0) is 0 Å². The number of aromatic amines is 1. The van der Waals surface area contributed by atoms with Gasteiger partial charge >= 0.3 is 0 Å². The summed E-state index contributed by atoms with van der Waals surface area (Å²) in [5, 5.41) is 0.935. The van der Waals surface area contributed by atoms with Gasteiger partial charge in [-0.2, -0.15) is 4.39 Å². The van der Waals surface area contributed by atoms with Crippen molar-refractivity contribution in [3.63, 3.8) is 0 Å². The molecule has 4 nitrogen and oxygen atoms in total. The van der Waals surface area contributed by atoms with E-state index in [0.29, 0.717) is 5.82 Å². The van der Waals surface area contributed by atoms with Gasteiger partial charge in [-0.15, -0.1) is 0 Å². The highest BCUT2D eigenvalue weighted by Crippen LogP contribution is 2.20. The van der Waals surface area contributed by atoms with Crippen molar-refractivity contribution in [1.29, 1.82) is 0 Å². The molecule has 0 atom stereocenters. The first-order valence-electron chi connectivity index (χ1n) is 5.77. The van der Waals surface area contributed by atoms with Gasteiger partial charge < -0.3 is 4.98 Å². The molecule has 19 heavy (non-hydrogen) atoms. The molecule has 2 heterocycles. The van der Waals surface area contributed by atoms with Crippen molar-refractivity contribution in [1.82, 2.24) is 15.0 Å². The van der Waals surface area contributed by atoms with Crippen molar-refractivity contribution in [2.45, 2.75) is 6.92 Å². The van der Waals surface area contributed by atoms with Crippen molar-refractivity contribution in [2.75, 3.05) is 0 Å². The molecule has 0 amide bonds. The molecule has 0 unspecified atom stereocenters. The Hall–Kier alpha value is -2.56. The number of rotatable bonds is 1. The lowest BCUT2D eigenvalue weighted by Crippen LogP contribution is -2.15. The second-order valence-electron chi connectivity index (χ2n) is 4.22. The molecule has 3 rings (SSSR count). The Balaban J connectivity index is 2.22. The quantitative estimate of drug-likeness (QED) is 0.726. The maximum Gasteiger partial charge on any atom is 0.287 e. The zero-order chi connectivity index (χ0) is 13.4. The van der Waals surface area contributed by atoms with Gasteiger partial charge in [-0.3, -0.25) is 9.78 Å². The highest BCUT2D eigenvalue weighted by Gasteiger charge is 2.09. The molecule has 0 fully saturated rings. The largest absolute Gasteiger partial charge is 0.304 e. The fourth-order valence-electron chi connectivity index (χ4n) is 1.93. The number of nitrogens with zero attached hydrogens (tertiary/aromatic N) is 2. The second-order valence-corrected chi connectivity index (χ2v) is 4.22. The number of H-pyrrole nitrogens is 1. The van der Waals surface area contributed by atoms with Crippen molar-refractivity contribution in [3.05, 3.63) is 58.4 Å². The van der Waals surface area contributed by atoms with Crippen LogP contribution >= 0.6 is 0 Å². The Morgan fingerprint density at radius 3 is 2.89 bits per heavy atom. The molecule has 0 aliphatic heterocycles. The molecule has 0 saturated carbocycles. The average Bonchev–Trinajstić information content (AvgIpc) is 2.43. The molecular formula is C14H10FN3O. The second kappa shape index (κ2) is 4.28. The van der Waals surface area contributed by atoms with Crippen LogP contribution in [0.3, 0.4) is 0 Å². The van der Waals surface area contributed by atoms with Crippen LogP contribution in [0, 0.1) is 12.7 Å². The minimum atomic E-state index is -0.841. The Kier molecular flexibility index (Phi) is 2.59. The highest BCUT2D eigenvalue weighted by molar-refractivity contribution is 5.82. The van der Waals surface area contributed by atoms with Gasteiger partial charge in [0, 0.05) is 17.1 Å². The normalized spacial score (nSPS) is 10.8. The number of fused-ring (bicyclic) bond motifs is 1. The van der Waals surface area contributed by atoms with Gasteiger partial charge in [-0.05, 0) is 31.2 Å². The van der Waals surface area contributed by atoms with E-state index in [0.717, 1.165) is 16.5 Å². The summed E-state index contributed by atoms with van der Waals surface area (Å²) < 4.78 is 13.3. The van der Waals surface area contributed by atoms with E-state index in [-0.39, 0.29) is 5.69 Å². The fraction of sp³-hybridized carbons (Fsp3) is 0.0714. The summed E-state index contributed by atoms with van der Waals surface area (Å²) in [6.45, 7) is 1.47. The van der Waals surface area contributed by atoms with E-state index >= 15 is 0 Å². The predicted molar refractivity (Wildman–Crippen MR) is 70.3 cm³/mol. The summed E-state index contributed by atoms with van der Waals surface area (Å²) in [6.07, 6.45) is 1.71. The molecule has 1 N–H and O–H groups in total. The molecule has 0 saturated heterocycles. The lowest BCUT2D eigenvalue weighted by atomic mass is 10.1. The lowest BCUT2D eigenvalue weighted by molar-refractivity contribution is 0.589. The number of halogens is 1. The van der Waals surface area contributed by atoms with Crippen LogP contribution in [0.5, 0.6) is 0 Å². The third-order valence-electron chi connectivity index (χ3n) is 2.90. The molecule has 0 radical (unpaired) electrons. The maximum atomic E-state index is 13.3. The van der Waals surface area contributed by atoms with Gasteiger partial charge in [0.1, 0.15) is 5.82 Å². The summed E-state index contributed by atoms with van der Waals surface area (Å²) in [4.78, 5) is 22.1. The first kappa shape index (κ1) is 11.5. The zero-order valence-electron chi connectivity index (χ0n) is 10.1. The summed E-state index contributed by atoms with van der Waals surface area (Å²) in [6, 6.07) is 9.24. The molecule has 1 aromatic carbocycles. The number of nitrogens with one attached hydrogen (secondary N) is 1. The third kappa shape index (κ3) is 1.99. The molecule has 3 aromatic rings. The summed E-state index contributed by atoms with van der Waals surface area (Å²) in [5.41, 5.74) is 0.909. The van der Waals surface area contributed by atoms with Gasteiger partial charge in [0.15, 0.2) is 0 Å². The van der Waals surface area contributed by atoms with Crippen LogP contribution in [0.15, 0.2) is 41.3 Å². The van der Waals surface area contributed by atoms with Gasteiger partial charge in [0.05, 0.1) is 11.2 Å². The minimum Gasteiger partial charge on any atom is -0.304 e. The van der Waals surface area contributed by atoms with Gasteiger partial charge in [0.2, 0.25) is 5.82 Å². The summed E-state index contributed by atoms with van der Waals surface area (Å²) >= 11 is 0. The standard InChI is InChI=1S/C14H10FN3O/c1-8-12(15)14(19)18-13(17-8)10-4-5-11-9(7-10)3-2-6-16-11/h2-7H,1H3,(H,17,18,19). The molecular weight excluding hydrogens is 245 g/mol. The average molecular weight is 255 g/mol. The van der Waals surface area contributed by atoms with Crippen molar-refractivity contribution in [3.8, 4) is 11.4 Å². The Morgan fingerprint density at radius 1 is 1.26 bits per heavy atom. The van der Waals surface area contributed by atoms with Crippen molar-refractivity contribution >= 4 is 10.9 Å². The number of hydrogen-bond acceptors (Lipinski definition) is 3. The number of aryl methyl sites for hydroxylation is 1. The predicted octanol–water partition coefficient (Wildman–Crippen LogP) is 2.43. The molecule has 94 valence electrons. The van der Waals surface area contributed by atoms with Crippen LogP contribution in [0.25, 0.3) is 22.3 Å². The van der Waals surface area contributed by atoms with E-state index in [4.69, 9.17) is 0 Å². The van der Waals surface area contributed by atoms with Gasteiger partial charge in [0.25, 0.3) is 5.56 Å². The number of benzene rings is 1. The van der Waals surface area contributed by atoms with E-state index in [1.165, 1.54) is 6.92 Å². The first-order valence-corrected chi connectivity index (χ1v) is 5.77. The highest BCUT2D eigenvalue weighted by atomic mass is 19.1. The number of aromatic nitrogens is 3. The molecule has 0 spiro atoms. The Morgan fingerprint density at radius 2 is 2.11 bits per heavy atom. The van der Waals surface area contributed by atoms with Crippen LogP contribution in [0.2, 0.25) is 0 Å². The van der Waals surface area contributed by atoms with E-state index in [2.05, 4.69) is 15.0 Å². The molecule has 2 aromatic heterocycles. The van der Waals surface area contributed by atoms with Crippen LogP contribution < -0.4 is 5.56 Å². The third-order valence-corrected chi connectivity index (χ3v) is 2.90. The SMILES string of the molecule is Cc1nc(-c2ccc3ncccc3c2)[nH]c(=O)c1F. The van der Waals surface area contributed by atoms with Crippen LogP contribution in [-0.4, -0.2) is 15.0 Å². The maximum absolute atomic E-state index is 13.3. The van der Waals surface area contributed by atoms with Crippen LogP contribution in [0.4, 0.5) is 4.39 Å². The van der Waals surface area contributed by atoms with Gasteiger partial charge in [-0.1, -0.05) is 6.07 Å². The van der Waals surface area contributed by atoms with Crippen molar-refractivity contribution < 1.29 is 4.39 Å². The summed E-state index contributed by atoms with van der Waals surface area (Å²) in [5.74, 6) is -0.485. The van der Waals surface area contributed by atoms with E-state index in [1.54, 1.807) is 12.3 Å². The topological polar surface area (TPSA) is 58.6 Å². The monoisotopic (exact) mass is 255 g/mol. The molecule has 0 aliphatic rings. The number of hydrogen-bond donors (Lipinski definition) is 1. The fourth-order valence-corrected chi connectivity index (χ4v) is 1.93. The molecule has 0 bridgehead atoms.